The van der Waals surface area contributed by atoms with Gasteiger partial charge in [0.05, 0.1) is 17.0 Å². The molecule has 0 aromatic carbocycles. The first-order valence-corrected chi connectivity index (χ1v) is 7.05. The van der Waals surface area contributed by atoms with Gasteiger partial charge in [0.25, 0.3) is 0 Å². The Kier molecular flexibility index (Phi) is 2.92. The largest absolute Gasteiger partial charge is 0.369 e. The molecule has 4 heteroatoms. The van der Waals surface area contributed by atoms with Crippen LogP contribution in [0.15, 0.2) is 6.07 Å². The molecule has 90 valence electrons. The molecule has 1 saturated heterocycles. The number of thiophene rings is 1. The van der Waals surface area contributed by atoms with Gasteiger partial charge in [-0.05, 0) is 31.0 Å². The van der Waals surface area contributed by atoms with E-state index in [1.165, 1.54) is 10.4 Å². The molecule has 1 aromatic rings. The van der Waals surface area contributed by atoms with Gasteiger partial charge in [0.1, 0.15) is 5.60 Å². The molecular formula is C13H14ClNOS. The van der Waals surface area contributed by atoms with Crippen LogP contribution in [0, 0.1) is 12.3 Å². The highest BCUT2D eigenvalue weighted by molar-refractivity contribution is 7.16. The Morgan fingerprint density at radius 1 is 1.65 bits per heavy atom. The predicted molar refractivity (Wildman–Crippen MR) is 70.5 cm³/mol. The van der Waals surface area contributed by atoms with Crippen molar-refractivity contribution in [3.05, 3.63) is 20.8 Å². The maximum atomic E-state index is 6.13. The first kappa shape index (κ1) is 11.6. The zero-order chi connectivity index (χ0) is 11.9. The Bertz CT molecular complexity index is 478. The third kappa shape index (κ3) is 1.90. The molecular weight excluding hydrogens is 254 g/mol. The summed E-state index contributed by atoms with van der Waals surface area (Å²) in [5.41, 5.74) is 1.16. The Morgan fingerprint density at radius 3 is 3.35 bits per heavy atom. The van der Waals surface area contributed by atoms with Crippen LogP contribution in [0.3, 0.4) is 0 Å². The maximum Gasteiger partial charge on any atom is 0.106 e. The summed E-state index contributed by atoms with van der Waals surface area (Å²) in [5.74, 6) is 2.79. The summed E-state index contributed by atoms with van der Waals surface area (Å²) in [5, 5.41) is 3.33. The van der Waals surface area contributed by atoms with Crippen LogP contribution in [0.4, 0.5) is 0 Å². The number of rotatable bonds is 0. The number of nitrogens with one attached hydrogen (secondary N) is 1. The minimum Gasteiger partial charge on any atom is -0.369 e. The second-order valence-electron chi connectivity index (χ2n) is 4.63. The average molecular weight is 268 g/mol. The molecule has 0 aliphatic carbocycles. The highest BCUT2D eigenvalue weighted by Gasteiger charge is 2.43. The molecule has 17 heavy (non-hydrogen) atoms. The van der Waals surface area contributed by atoms with Crippen LogP contribution >= 0.6 is 22.9 Å². The first-order chi connectivity index (χ1) is 8.23. The summed E-state index contributed by atoms with van der Waals surface area (Å²) in [4.78, 5) is 1.30. The molecule has 2 aliphatic rings. The van der Waals surface area contributed by atoms with Gasteiger partial charge in [-0.15, -0.1) is 17.8 Å². The van der Waals surface area contributed by atoms with Gasteiger partial charge in [-0.3, -0.25) is 0 Å². The van der Waals surface area contributed by atoms with Crippen LogP contribution in [0.2, 0.25) is 4.34 Å². The number of terminal acetylenes is 1. The van der Waals surface area contributed by atoms with E-state index in [4.69, 9.17) is 22.8 Å². The van der Waals surface area contributed by atoms with E-state index < -0.39 is 0 Å². The van der Waals surface area contributed by atoms with Gasteiger partial charge < -0.3 is 10.1 Å². The second-order valence-corrected chi connectivity index (χ2v) is 6.31. The van der Waals surface area contributed by atoms with Crippen molar-refractivity contribution in [2.45, 2.75) is 30.9 Å². The molecule has 2 atom stereocenters. The fraction of sp³-hybridized carbons (Fsp3) is 0.538. The SMILES string of the molecule is C#CC1C[C@]2(CCN1)OCCc1cc(Cl)sc12. The molecule has 1 N–H and O–H groups in total. The molecule has 0 amide bonds. The van der Waals surface area contributed by atoms with Gasteiger partial charge in [-0.1, -0.05) is 17.5 Å². The smallest absolute Gasteiger partial charge is 0.106 e. The van der Waals surface area contributed by atoms with Crippen molar-refractivity contribution >= 4 is 22.9 Å². The first-order valence-electron chi connectivity index (χ1n) is 5.86. The van der Waals surface area contributed by atoms with Crippen molar-refractivity contribution in [2.75, 3.05) is 13.2 Å². The molecule has 1 spiro atoms. The zero-order valence-electron chi connectivity index (χ0n) is 9.46. The summed E-state index contributed by atoms with van der Waals surface area (Å²) in [6.07, 6.45) is 8.33. The van der Waals surface area contributed by atoms with E-state index >= 15 is 0 Å². The highest BCUT2D eigenvalue weighted by Crippen LogP contribution is 2.46. The zero-order valence-corrected chi connectivity index (χ0v) is 11.0. The molecule has 3 heterocycles. The molecule has 2 aliphatic heterocycles. The van der Waals surface area contributed by atoms with E-state index in [9.17, 15) is 0 Å². The number of halogens is 1. The van der Waals surface area contributed by atoms with Gasteiger partial charge in [0, 0.05) is 11.3 Å². The van der Waals surface area contributed by atoms with Crippen molar-refractivity contribution in [3.63, 3.8) is 0 Å². The van der Waals surface area contributed by atoms with Gasteiger partial charge in [-0.2, -0.15) is 0 Å². The van der Waals surface area contributed by atoms with Crippen LogP contribution in [-0.4, -0.2) is 19.2 Å². The lowest BCUT2D eigenvalue weighted by Gasteiger charge is -2.42. The fourth-order valence-corrected chi connectivity index (χ4v) is 4.28. The van der Waals surface area contributed by atoms with E-state index in [0.29, 0.717) is 0 Å². The molecule has 3 rings (SSSR count). The predicted octanol–water partition coefficient (Wildman–Crippen LogP) is 2.55. The van der Waals surface area contributed by atoms with Crippen molar-refractivity contribution in [3.8, 4) is 12.3 Å². The maximum absolute atomic E-state index is 6.13. The number of fused-ring (bicyclic) bond motifs is 2. The molecule has 1 aromatic heterocycles. The van der Waals surface area contributed by atoms with E-state index in [2.05, 4.69) is 17.3 Å². The van der Waals surface area contributed by atoms with Crippen molar-refractivity contribution in [2.24, 2.45) is 0 Å². The normalized spacial score (nSPS) is 32.1. The van der Waals surface area contributed by atoms with Crippen LogP contribution in [0.25, 0.3) is 0 Å². The Morgan fingerprint density at radius 2 is 2.53 bits per heavy atom. The Hall–Kier alpha value is -0.530. The minimum atomic E-state index is -0.187. The molecule has 0 bridgehead atoms. The number of ether oxygens (including phenoxy) is 1. The molecule has 1 unspecified atom stereocenters. The van der Waals surface area contributed by atoms with Crippen LogP contribution in [-0.2, 0) is 16.8 Å². The molecule has 0 radical (unpaired) electrons. The van der Waals surface area contributed by atoms with E-state index in [1.54, 1.807) is 11.3 Å². The van der Waals surface area contributed by atoms with Crippen LogP contribution < -0.4 is 5.32 Å². The van der Waals surface area contributed by atoms with E-state index in [1.807, 2.05) is 0 Å². The van der Waals surface area contributed by atoms with E-state index in [0.717, 1.165) is 36.8 Å². The average Bonchev–Trinajstić information content (AvgIpc) is 2.72. The van der Waals surface area contributed by atoms with Crippen molar-refractivity contribution in [1.82, 2.24) is 5.32 Å². The van der Waals surface area contributed by atoms with Crippen LogP contribution in [0.1, 0.15) is 23.3 Å². The molecule has 1 fully saturated rings. The summed E-state index contributed by atoms with van der Waals surface area (Å²) in [6.45, 7) is 1.68. The lowest BCUT2D eigenvalue weighted by Crippen LogP contribution is -2.48. The van der Waals surface area contributed by atoms with Gasteiger partial charge in [0.2, 0.25) is 0 Å². The number of piperidine rings is 1. The number of hydrogen-bond acceptors (Lipinski definition) is 3. The molecule has 0 saturated carbocycles. The summed E-state index contributed by atoms with van der Waals surface area (Å²) < 4.78 is 6.95. The quantitative estimate of drug-likeness (QED) is 0.730. The highest BCUT2D eigenvalue weighted by atomic mass is 35.5. The standard InChI is InChI=1S/C13H14ClNOS/c1-2-10-8-13(4-5-15-10)12-9(3-6-16-13)7-11(14)17-12/h1,7,10,15H,3-6,8H2/t10?,13-/m0/s1. The van der Waals surface area contributed by atoms with Gasteiger partial charge >= 0.3 is 0 Å². The van der Waals surface area contributed by atoms with Crippen molar-refractivity contribution in [1.29, 1.82) is 0 Å². The van der Waals surface area contributed by atoms with E-state index in [-0.39, 0.29) is 11.6 Å². The van der Waals surface area contributed by atoms with Gasteiger partial charge in [0.15, 0.2) is 0 Å². The third-order valence-corrected chi connectivity index (χ3v) is 5.09. The lowest BCUT2D eigenvalue weighted by atomic mass is 9.83. The summed E-state index contributed by atoms with van der Waals surface area (Å²) in [7, 11) is 0. The van der Waals surface area contributed by atoms with Gasteiger partial charge in [-0.25, -0.2) is 0 Å². The monoisotopic (exact) mass is 267 g/mol. The fourth-order valence-electron chi connectivity index (χ4n) is 2.80. The molecule has 2 nitrogen and oxygen atoms in total. The number of hydrogen-bond donors (Lipinski definition) is 1. The van der Waals surface area contributed by atoms with Crippen molar-refractivity contribution < 1.29 is 4.74 Å². The van der Waals surface area contributed by atoms with Crippen LogP contribution in [0.5, 0.6) is 0 Å². The Balaban J connectivity index is 2.00. The lowest BCUT2D eigenvalue weighted by molar-refractivity contribution is -0.0820. The Labute approximate surface area is 110 Å². The second kappa shape index (κ2) is 4.29. The summed E-state index contributed by atoms with van der Waals surface area (Å²) >= 11 is 7.78. The third-order valence-electron chi connectivity index (χ3n) is 3.60. The topological polar surface area (TPSA) is 21.3 Å². The minimum absolute atomic E-state index is 0.107. The summed E-state index contributed by atoms with van der Waals surface area (Å²) in [6, 6.07) is 2.19.